The lowest BCUT2D eigenvalue weighted by molar-refractivity contribution is 0.819. The van der Waals surface area contributed by atoms with Crippen molar-refractivity contribution in [3.05, 3.63) is 91.0 Å². The summed E-state index contributed by atoms with van der Waals surface area (Å²) in [6, 6.07) is 14.5. The highest BCUT2D eigenvalue weighted by molar-refractivity contribution is 7.98. The SMILES string of the molecule is O=c1[nH]c(CSc2nc3scc(C4CC4)c3c(=O)n2-c2ccccc2)nc2cc(Cl)ccc12. The number of thioether (sulfide) groups is 1. The second-order valence-electron chi connectivity index (χ2n) is 7.98. The summed E-state index contributed by atoms with van der Waals surface area (Å²) in [4.78, 5) is 39.2. The number of nitrogens with zero attached hydrogens (tertiary/aromatic N) is 3. The fourth-order valence-electron chi connectivity index (χ4n) is 3.95. The van der Waals surface area contributed by atoms with E-state index in [9.17, 15) is 9.59 Å². The van der Waals surface area contributed by atoms with E-state index in [0.29, 0.717) is 38.6 Å². The highest BCUT2D eigenvalue weighted by atomic mass is 35.5. The first-order valence-electron chi connectivity index (χ1n) is 10.5. The van der Waals surface area contributed by atoms with Crippen LogP contribution in [0.25, 0.3) is 26.8 Å². The first-order chi connectivity index (χ1) is 16.1. The molecule has 0 radical (unpaired) electrons. The van der Waals surface area contributed by atoms with E-state index in [0.717, 1.165) is 34.3 Å². The molecule has 164 valence electrons. The minimum Gasteiger partial charge on any atom is -0.309 e. The highest BCUT2D eigenvalue weighted by Gasteiger charge is 2.29. The molecule has 6 rings (SSSR count). The van der Waals surface area contributed by atoms with E-state index in [1.54, 1.807) is 22.8 Å². The van der Waals surface area contributed by atoms with Gasteiger partial charge in [0.2, 0.25) is 0 Å². The number of para-hydroxylation sites is 1. The van der Waals surface area contributed by atoms with Gasteiger partial charge in [0.25, 0.3) is 11.1 Å². The van der Waals surface area contributed by atoms with E-state index in [2.05, 4.69) is 15.3 Å². The zero-order valence-electron chi connectivity index (χ0n) is 17.2. The molecule has 0 saturated heterocycles. The van der Waals surface area contributed by atoms with Crippen LogP contribution in [0.15, 0.2) is 68.7 Å². The summed E-state index contributed by atoms with van der Waals surface area (Å²) < 4.78 is 1.67. The Morgan fingerprint density at radius 3 is 2.73 bits per heavy atom. The number of fused-ring (bicyclic) bond motifs is 2. The van der Waals surface area contributed by atoms with Crippen LogP contribution in [-0.2, 0) is 5.75 Å². The molecule has 0 spiro atoms. The maximum absolute atomic E-state index is 13.7. The van der Waals surface area contributed by atoms with E-state index >= 15 is 0 Å². The molecule has 2 aromatic carbocycles. The molecule has 0 bridgehead atoms. The molecular formula is C24H17ClN4O2S2. The third-order valence-corrected chi connectivity index (χ3v) is 7.77. The number of hydrogen-bond donors (Lipinski definition) is 1. The first kappa shape index (κ1) is 20.7. The Morgan fingerprint density at radius 2 is 1.94 bits per heavy atom. The van der Waals surface area contributed by atoms with E-state index in [1.807, 2.05) is 30.3 Å². The van der Waals surface area contributed by atoms with Gasteiger partial charge in [-0.05, 0) is 60.0 Å². The third kappa shape index (κ3) is 3.78. The number of aromatic nitrogens is 4. The van der Waals surface area contributed by atoms with Gasteiger partial charge in [0.15, 0.2) is 5.16 Å². The van der Waals surface area contributed by atoms with E-state index in [4.69, 9.17) is 16.6 Å². The monoisotopic (exact) mass is 492 g/mol. The van der Waals surface area contributed by atoms with Crippen molar-refractivity contribution in [2.24, 2.45) is 0 Å². The second kappa shape index (κ2) is 8.13. The van der Waals surface area contributed by atoms with Crippen LogP contribution in [0.3, 0.4) is 0 Å². The van der Waals surface area contributed by atoms with Crippen LogP contribution in [0.2, 0.25) is 5.02 Å². The Morgan fingerprint density at radius 1 is 1.12 bits per heavy atom. The second-order valence-corrected chi connectivity index (χ2v) is 10.2. The molecule has 3 aromatic heterocycles. The minimum absolute atomic E-state index is 0.0522. The Balaban J connectivity index is 1.45. The van der Waals surface area contributed by atoms with E-state index in [-0.39, 0.29) is 11.1 Å². The normalized spacial score (nSPS) is 13.7. The van der Waals surface area contributed by atoms with Crippen LogP contribution in [0.4, 0.5) is 0 Å². The van der Waals surface area contributed by atoms with Crippen LogP contribution >= 0.6 is 34.7 Å². The summed E-state index contributed by atoms with van der Waals surface area (Å²) in [7, 11) is 0. The van der Waals surface area contributed by atoms with Crippen molar-refractivity contribution in [1.82, 2.24) is 19.5 Å². The van der Waals surface area contributed by atoms with Crippen molar-refractivity contribution in [3.8, 4) is 5.69 Å². The van der Waals surface area contributed by atoms with Crippen molar-refractivity contribution in [1.29, 1.82) is 0 Å². The van der Waals surface area contributed by atoms with Crippen LogP contribution in [0.5, 0.6) is 0 Å². The predicted molar refractivity (Wildman–Crippen MR) is 134 cm³/mol. The lowest BCUT2D eigenvalue weighted by Crippen LogP contribution is -2.22. The van der Waals surface area contributed by atoms with Crippen molar-refractivity contribution in [2.75, 3.05) is 0 Å². The summed E-state index contributed by atoms with van der Waals surface area (Å²) in [6.07, 6.45) is 2.25. The molecule has 5 aromatic rings. The van der Waals surface area contributed by atoms with Gasteiger partial charge in [0.1, 0.15) is 10.7 Å². The Hall–Kier alpha value is -2.94. The molecule has 1 N–H and O–H groups in total. The lowest BCUT2D eigenvalue weighted by atomic mass is 10.1. The molecule has 0 aliphatic heterocycles. The summed E-state index contributed by atoms with van der Waals surface area (Å²) in [5.41, 5.74) is 2.15. The zero-order valence-corrected chi connectivity index (χ0v) is 19.6. The Bertz CT molecular complexity index is 1640. The smallest absolute Gasteiger partial charge is 0.267 e. The van der Waals surface area contributed by atoms with Crippen LogP contribution in [0, 0.1) is 0 Å². The fraction of sp³-hybridized carbons (Fsp3) is 0.167. The number of H-pyrrole nitrogens is 1. The number of benzene rings is 2. The van der Waals surface area contributed by atoms with Crippen LogP contribution in [0.1, 0.15) is 30.1 Å². The van der Waals surface area contributed by atoms with Crippen molar-refractivity contribution < 1.29 is 0 Å². The molecule has 9 heteroatoms. The third-order valence-electron chi connectivity index (χ3n) is 5.69. The van der Waals surface area contributed by atoms with Gasteiger partial charge >= 0.3 is 0 Å². The van der Waals surface area contributed by atoms with Crippen molar-refractivity contribution in [2.45, 2.75) is 29.7 Å². The maximum atomic E-state index is 13.7. The van der Waals surface area contributed by atoms with Gasteiger partial charge < -0.3 is 4.98 Å². The molecule has 1 aliphatic carbocycles. The van der Waals surface area contributed by atoms with E-state index in [1.165, 1.54) is 23.1 Å². The molecule has 0 atom stereocenters. The van der Waals surface area contributed by atoms with Gasteiger partial charge in [-0.3, -0.25) is 14.2 Å². The number of aromatic amines is 1. The molecule has 3 heterocycles. The summed E-state index contributed by atoms with van der Waals surface area (Å²) in [5, 5.41) is 4.37. The molecule has 0 unspecified atom stereocenters. The Kier molecular flexibility index (Phi) is 5.09. The quantitative estimate of drug-likeness (QED) is 0.258. The predicted octanol–water partition coefficient (Wildman–Crippen LogP) is 5.51. The number of hydrogen-bond acceptors (Lipinski definition) is 6. The number of thiophene rings is 1. The maximum Gasteiger partial charge on any atom is 0.267 e. The minimum atomic E-state index is -0.219. The fourth-order valence-corrected chi connectivity index (χ4v) is 6.06. The number of halogens is 1. The molecule has 1 aliphatic rings. The molecule has 33 heavy (non-hydrogen) atoms. The van der Waals surface area contributed by atoms with Gasteiger partial charge in [0, 0.05) is 5.02 Å². The summed E-state index contributed by atoms with van der Waals surface area (Å²) >= 11 is 8.97. The van der Waals surface area contributed by atoms with Gasteiger partial charge in [-0.2, -0.15) is 0 Å². The first-order valence-corrected chi connectivity index (χ1v) is 12.7. The average molecular weight is 493 g/mol. The largest absolute Gasteiger partial charge is 0.309 e. The van der Waals surface area contributed by atoms with Gasteiger partial charge in [0.05, 0.1) is 27.7 Å². The van der Waals surface area contributed by atoms with Crippen molar-refractivity contribution >= 4 is 55.8 Å². The average Bonchev–Trinajstić information content (AvgIpc) is 3.57. The lowest BCUT2D eigenvalue weighted by Gasteiger charge is -2.12. The van der Waals surface area contributed by atoms with Gasteiger partial charge in [-0.1, -0.05) is 41.6 Å². The zero-order chi connectivity index (χ0) is 22.5. The van der Waals surface area contributed by atoms with Crippen LogP contribution in [-0.4, -0.2) is 19.5 Å². The molecular weight excluding hydrogens is 476 g/mol. The molecule has 1 saturated carbocycles. The highest BCUT2D eigenvalue weighted by Crippen LogP contribution is 2.44. The number of nitrogens with one attached hydrogen (secondary N) is 1. The van der Waals surface area contributed by atoms with Crippen LogP contribution < -0.4 is 11.1 Å². The number of rotatable bonds is 5. The molecule has 6 nitrogen and oxygen atoms in total. The Labute approximate surface area is 201 Å². The molecule has 0 amide bonds. The van der Waals surface area contributed by atoms with Gasteiger partial charge in [-0.15, -0.1) is 11.3 Å². The molecule has 1 fully saturated rings. The van der Waals surface area contributed by atoms with Crippen molar-refractivity contribution in [3.63, 3.8) is 0 Å². The topological polar surface area (TPSA) is 80.6 Å². The van der Waals surface area contributed by atoms with Gasteiger partial charge in [-0.25, -0.2) is 9.97 Å². The standard InChI is InChI=1S/C24H17ClN4O2S2/c25-14-8-9-16-18(10-14)26-19(27-21(16)30)12-33-24-28-22-20(17(11-32-22)13-6-7-13)23(31)29(24)15-4-2-1-3-5-15/h1-5,8-11,13H,6-7,12H2,(H,26,27,30). The summed E-state index contributed by atoms with van der Waals surface area (Å²) in [6.45, 7) is 0. The van der Waals surface area contributed by atoms with E-state index < -0.39 is 0 Å². The summed E-state index contributed by atoms with van der Waals surface area (Å²) in [5.74, 6) is 1.32.